The number of aryl methyl sites for hydroxylation is 2. The molecule has 224 valence electrons. The molecule has 0 aromatic heterocycles. The molecule has 0 aliphatic carbocycles. The van der Waals surface area contributed by atoms with E-state index in [1.807, 2.05) is 0 Å². The van der Waals surface area contributed by atoms with Gasteiger partial charge < -0.3 is 10.2 Å². The molecule has 5 nitrogen and oxygen atoms in total. The summed E-state index contributed by atoms with van der Waals surface area (Å²) in [4.78, 5) is 30.2. The molecule has 0 radical (unpaired) electrons. The van der Waals surface area contributed by atoms with Crippen LogP contribution in [0.1, 0.15) is 42.0 Å². The minimum Gasteiger partial charge on any atom is -0.325 e. The summed E-state index contributed by atoms with van der Waals surface area (Å²) in [6, 6.07) is 5.94. The first-order valence-electron chi connectivity index (χ1n) is 12.9. The third-order valence-corrected chi connectivity index (χ3v) is 7.89. The fourth-order valence-electron chi connectivity index (χ4n) is 5.78. The van der Waals surface area contributed by atoms with Crippen molar-refractivity contribution in [2.24, 2.45) is 11.3 Å². The van der Waals surface area contributed by atoms with E-state index in [0.29, 0.717) is 28.9 Å². The molecule has 2 fully saturated rings. The molecule has 2 amide bonds. The zero-order valence-corrected chi connectivity index (χ0v) is 22.5. The quantitative estimate of drug-likeness (QED) is 0.395. The Bertz CT molecular complexity index is 1290. The summed E-state index contributed by atoms with van der Waals surface area (Å²) in [7, 11) is 0. The summed E-state index contributed by atoms with van der Waals surface area (Å²) in [5, 5.41) is 2.18. The summed E-state index contributed by atoms with van der Waals surface area (Å²) in [5.74, 6) is -5.74. The number of carbonyl (C=O) groups excluding carboxylic acids is 2. The minimum absolute atomic E-state index is 0.0638. The molecule has 0 spiro atoms. The van der Waals surface area contributed by atoms with E-state index >= 15 is 0 Å². The Morgan fingerprint density at radius 2 is 1.54 bits per heavy atom. The van der Waals surface area contributed by atoms with Gasteiger partial charge in [-0.3, -0.25) is 14.5 Å². The number of alkyl halides is 8. The van der Waals surface area contributed by atoms with Crippen LogP contribution in [0.2, 0.25) is 0 Å². The summed E-state index contributed by atoms with van der Waals surface area (Å²) in [6.45, 7) is 3.72. The molecular weight excluding hydrogens is 562 g/mol. The largest absolute Gasteiger partial charge is 0.416 e. The molecular formula is C28H29F8N3O2. The predicted molar refractivity (Wildman–Crippen MR) is 136 cm³/mol. The maximum absolute atomic E-state index is 14.3. The molecule has 2 aromatic carbocycles. The van der Waals surface area contributed by atoms with Crippen LogP contribution in [0.25, 0.3) is 0 Å². The number of rotatable bonds is 5. The standard InChI is InChI=1S/C28H29F8N3O2/c1-16-6-4-7-17(2)22(16)39-14-25(18(3)23(39)40,13-38-9-5-8-26(29,30)15-38)24(41)37-21-11-19(27(31,32)33)10-20(12-21)28(34,35)36/h4,6-7,10-12,18H,5,8-9,13-15H2,1-3H3,(H,37,41)/t18-,25-/m1/s1. The molecule has 2 aliphatic rings. The van der Waals surface area contributed by atoms with Crippen molar-refractivity contribution in [2.75, 3.05) is 36.4 Å². The topological polar surface area (TPSA) is 52.6 Å². The lowest BCUT2D eigenvalue weighted by Gasteiger charge is -2.39. The van der Waals surface area contributed by atoms with Crippen molar-refractivity contribution in [3.8, 4) is 0 Å². The number of hydrogen-bond donors (Lipinski definition) is 1. The Hall–Kier alpha value is -3.22. The van der Waals surface area contributed by atoms with Crippen LogP contribution >= 0.6 is 0 Å². The zero-order valence-electron chi connectivity index (χ0n) is 22.5. The third-order valence-electron chi connectivity index (χ3n) is 7.89. The van der Waals surface area contributed by atoms with Gasteiger partial charge in [-0.15, -0.1) is 0 Å². The molecule has 13 heteroatoms. The second-order valence-corrected chi connectivity index (χ2v) is 11.0. The van der Waals surface area contributed by atoms with Crippen LogP contribution in [-0.4, -0.2) is 48.8 Å². The van der Waals surface area contributed by atoms with Crippen molar-refractivity contribution < 1.29 is 44.7 Å². The van der Waals surface area contributed by atoms with Crippen LogP contribution in [0, 0.1) is 25.2 Å². The van der Waals surface area contributed by atoms with Gasteiger partial charge in [-0.25, -0.2) is 8.78 Å². The number of para-hydroxylation sites is 1. The first-order valence-corrected chi connectivity index (χ1v) is 12.9. The van der Waals surface area contributed by atoms with Crippen molar-refractivity contribution in [2.45, 2.75) is 51.9 Å². The van der Waals surface area contributed by atoms with E-state index in [1.165, 1.54) is 16.7 Å². The van der Waals surface area contributed by atoms with E-state index < -0.39 is 64.8 Å². The number of amides is 2. The Morgan fingerprint density at radius 1 is 0.976 bits per heavy atom. The van der Waals surface area contributed by atoms with Gasteiger partial charge in [-0.05, 0) is 56.1 Å². The number of carbonyl (C=O) groups is 2. The highest BCUT2D eigenvalue weighted by molar-refractivity contribution is 6.08. The van der Waals surface area contributed by atoms with Crippen LogP contribution in [0.5, 0.6) is 0 Å². The highest BCUT2D eigenvalue weighted by Crippen LogP contribution is 2.44. The predicted octanol–water partition coefficient (Wildman–Crippen LogP) is 6.68. The van der Waals surface area contributed by atoms with Gasteiger partial charge in [0, 0.05) is 30.9 Å². The molecule has 2 heterocycles. The molecule has 2 atom stereocenters. The lowest BCUT2D eigenvalue weighted by atomic mass is 9.76. The number of nitrogens with one attached hydrogen (secondary N) is 1. The van der Waals surface area contributed by atoms with Gasteiger partial charge in [0.2, 0.25) is 11.8 Å². The molecule has 4 rings (SSSR count). The molecule has 41 heavy (non-hydrogen) atoms. The van der Waals surface area contributed by atoms with Crippen LogP contribution < -0.4 is 10.2 Å². The first kappa shape index (κ1) is 30.7. The van der Waals surface area contributed by atoms with Gasteiger partial charge in [-0.1, -0.05) is 25.1 Å². The van der Waals surface area contributed by atoms with E-state index in [9.17, 15) is 44.7 Å². The monoisotopic (exact) mass is 591 g/mol. The summed E-state index contributed by atoms with van der Waals surface area (Å²) in [5.41, 5.74) is -3.91. The maximum atomic E-state index is 14.3. The SMILES string of the molecule is Cc1cccc(C)c1N1C[C@@](CN2CCCC(F)(F)C2)(C(=O)Nc2cc(C(F)(F)F)cc(C(F)(F)F)c2)[C@H](C)C1=O. The van der Waals surface area contributed by atoms with Crippen LogP contribution in [0.4, 0.5) is 46.5 Å². The molecule has 2 saturated heterocycles. The molecule has 1 N–H and O–H groups in total. The van der Waals surface area contributed by atoms with Crippen LogP contribution in [0.3, 0.4) is 0 Å². The van der Waals surface area contributed by atoms with E-state index in [0.717, 1.165) is 0 Å². The Kier molecular flexibility index (Phi) is 7.91. The average molecular weight is 592 g/mol. The first-order chi connectivity index (χ1) is 18.8. The van der Waals surface area contributed by atoms with Gasteiger partial charge in [-0.2, -0.15) is 26.3 Å². The maximum Gasteiger partial charge on any atom is 0.416 e. The van der Waals surface area contributed by atoms with E-state index in [4.69, 9.17) is 0 Å². The van der Waals surface area contributed by atoms with E-state index in [-0.39, 0.29) is 38.5 Å². The van der Waals surface area contributed by atoms with Gasteiger partial charge in [0.05, 0.1) is 29.0 Å². The molecule has 0 bridgehead atoms. The zero-order chi connectivity index (χ0) is 30.5. The van der Waals surface area contributed by atoms with Crippen molar-refractivity contribution in [1.29, 1.82) is 0 Å². The second kappa shape index (κ2) is 10.6. The minimum atomic E-state index is -5.15. The van der Waals surface area contributed by atoms with E-state index in [1.54, 1.807) is 32.0 Å². The Morgan fingerprint density at radius 3 is 2.05 bits per heavy atom. The van der Waals surface area contributed by atoms with Crippen molar-refractivity contribution in [3.05, 3.63) is 58.7 Å². The van der Waals surface area contributed by atoms with Gasteiger partial charge in [0.1, 0.15) is 0 Å². The van der Waals surface area contributed by atoms with Crippen molar-refractivity contribution >= 4 is 23.2 Å². The number of anilines is 2. The molecule has 2 aliphatic heterocycles. The van der Waals surface area contributed by atoms with Crippen LogP contribution in [0.15, 0.2) is 36.4 Å². The number of piperidine rings is 1. The van der Waals surface area contributed by atoms with Crippen molar-refractivity contribution in [3.63, 3.8) is 0 Å². The van der Waals surface area contributed by atoms with Gasteiger partial charge in [0.25, 0.3) is 5.92 Å². The Labute approximate surface area is 231 Å². The lowest BCUT2D eigenvalue weighted by molar-refractivity contribution is -0.143. The molecule has 0 saturated carbocycles. The van der Waals surface area contributed by atoms with Gasteiger partial charge in [0.15, 0.2) is 0 Å². The second-order valence-electron chi connectivity index (χ2n) is 11.0. The lowest BCUT2D eigenvalue weighted by Crippen LogP contribution is -2.54. The molecule has 2 aromatic rings. The van der Waals surface area contributed by atoms with E-state index in [2.05, 4.69) is 5.32 Å². The smallest absolute Gasteiger partial charge is 0.325 e. The fraction of sp³-hybridized carbons (Fsp3) is 0.500. The van der Waals surface area contributed by atoms with Crippen molar-refractivity contribution in [1.82, 2.24) is 4.90 Å². The van der Waals surface area contributed by atoms with Gasteiger partial charge >= 0.3 is 12.4 Å². The highest BCUT2D eigenvalue weighted by Gasteiger charge is 2.57. The summed E-state index contributed by atoms with van der Waals surface area (Å²) >= 11 is 0. The van der Waals surface area contributed by atoms with Crippen LogP contribution in [-0.2, 0) is 21.9 Å². The fourth-order valence-corrected chi connectivity index (χ4v) is 5.78. The summed E-state index contributed by atoms with van der Waals surface area (Å²) < 4.78 is 109. The highest BCUT2D eigenvalue weighted by atomic mass is 19.4. The number of likely N-dealkylation sites (tertiary alicyclic amines) is 1. The summed E-state index contributed by atoms with van der Waals surface area (Å²) in [6.07, 6.45) is -10.5. The number of hydrogen-bond acceptors (Lipinski definition) is 3. The Balaban J connectivity index is 1.78. The number of nitrogens with zero attached hydrogens (tertiary/aromatic N) is 2. The molecule has 0 unspecified atom stereocenters. The third kappa shape index (κ3) is 6.19. The average Bonchev–Trinajstić information content (AvgIpc) is 3.08. The normalized spacial score (nSPS) is 23.6. The number of benzene rings is 2. The number of halogens is 8.